The van der Waals surface area contributed by atoms with Gasteiger partial charge in [-0.05, 0) is 51.1 Å². The van der Waals surface area contributed by atoms with Crippen molar-refractivity contribution in [3.8, 4) is 22.4 Å². The Bertz CT molecular complexity index is 1750. The van der Waals surface area contributed by atoms with Gasteiger partial charge in [0.1, 0.15) is 34.5 Å². The molecule has 0 N–H and O–H groups in total. The molecule has 0 radical (unpaired) electrons. The molecule has 37 heavy (non-hydrogen) atoms. The minimum absolute atomic E-state index is 0.0717. The van der Waals surface area contributed by atoms with Crippen LogP contribution in [-0.4, -0.2) is 19.5 Å². The third-order valence-corrected chi connectivity index (χ3v) is 7.18. The molecular weight excluding hydrogens is 506 g/mol. The molecular formula is C28H22ClN5O2S. The van der Waals surface area contributed by atoms with Gasteiger partial charge < -0.3 is 9.30 Å². The Morgan fingerprint density at radius 3 is 2.68 bits per heavy atom. The summed E-state index contributed by atoms with van der Waals surface area (Å²) in [6.45, 7) is 6.12. The average Bonchev–Trinajstić information content (AvgIpc) is 3.30. The fraction of sp³-hybridized carbons (Fsp3) is 0.179. The van der Waals surface area contributed by atoms with Crippen LogP contribution in [0.15, 0.2) is 59.7 Å². The molecule has 184 valence electrons. The average molecular weight is 528 g/mol. The van der Waals surface area contributed by atoms with E-state index >= 15 is 0 Å². The first-order valence-electron chi connectivity index (χ1n) is 11.5. The molecule has 0 saturated heterocycles. The number of nitrogens with zero attached hydrogens (tertiary/aromatic N) is 5. The number of benzene rings is 1. The van der Waals surface area contributed by atoms with Crippen molar-refractivity contribution in [3.05, 3.63) is 103 Å². The summed E-state index contributed by atoms with van der Waals surface area (Å²) in [5, 5.41) is 11.6. The number of ether oxygens (including phenoxy) is 1. The fourth-order valence-corrected chi connectivity index (χ4v) is 5.30. The maximum Gasteiger partial charge on any atom is 0.268 e. The predicted molar refractivity (Wildman–Crippen MR) is 145 cm³/mol. The van der Waals surface area contributed by atoms with Gasteiger partial charge in [-0.25, -0.2) is 9.97 Å². The van der Waals surface area contributed by atoms with E-state index in [1.807, 2.05) is 57.3 Å². The molecule has 4 heterocycles. The van der Waals surface area contributed by atoms with Gasteiger partial charge in [0.25, 0.3) is 5.56 Å². The SMILES string of the molecule is Cc1cc(Cl)c(COc2cccc3c(-c4ncc(C)s4)cc(C)nc23)c(Cn2cccc(C#N)c2=O)n1. The van der Waals surface area contributed by atoms with Crippen LogP contribution >= 0.6 is 22.9 Å². The first-order chi connectivity index (χ1) is 17.8. The number of hydrogen-bond donors (Lipinski definition) is 0. The quantitative estimate of drug-likeness (QED) is 0.269. The number of fused-ring (bicyclic) bond motifs is 1. The van der Waals surface area contributed by atoms with Crippen molar-refractivity contribution in [3.63, 3.8) is 0 Å². The Morgan fingerprint density at radius 1 is 1.11 bits per heavy atom. The van der Waals surface area contributed by atoms with Crippen molar-refractivity contribution in [1.82, 2.24) is 19.5 Å². The Morgan fingerprint density at radius 2 is 1.92 bits per heavy atom. The van der Waals surface area contributed by atoms with Crippen LogP contribution in [0.4, 0.5) is 0 Å². The first-order valence-corrected chi connectivity index (χ1v) is 12.7. The summed E-state index contributed by atoms with van der Waals surface area (Å²) in [6.07, 6.45) is 3.50. The Kier molecular flexibility index (Phi) is 6.74. The molecule has 0 fully saturated rings. The molecule has 0 atom stereocenters. The molecule has 0 aliphatic heterocycles. The lowest BCUT2D eigenvalue weighted by molar-refractivity contribution is 0.307. The first kappa shape index (κ1) is 24.6. The molecule has 4 aromatic heterocycles. The summed E-state index contributed by atoms with van der Waals surface area (Å²) in [6, 6.07) is 14.7. The Hall–Kier alpha value is -4.06. The molecule has 7 nitrogen and oxygen atoms in total. The van der Waals surface area contributed by atoms with E-state index in [-0.39, 0.29) is 24.3 Å². The number of halogens is 1. The van der Waals surface area contributed by atoms with Crippen LogP contribution in [0.2, 0.25) is 5.02 Å². The van der Waals surface area contributed by atoms with Crippen molar-refractivity contribution in [2.75, 3.05) is 0 Å². The van der Waals surface area contributed by atoms with E-state index in [4.69, 9.17) is 21.3 Å². The van der Waals surface area contributed by atoms with Gasteiger partial charge in [-0.1, -0.05) is 23.7 Å². The molecule has 0 saturated carbocycles. The van der Waals surface area contributed by atoms with Crippen LogP contribution in [0.3, 0.4) is 0 Å². The topological polar surface area (TPSA) is 93.7 Å². The van der Waals surface area contributed by atoms with E-state index in [1.54, 1.807) is 29.7 Å². The minimum Gasteiger partial charge on any atom is -0.486 e. The van der Waals surface area contributed by atoms with Crippen molar-refractivity contribution in [2.45, 2.75) is 33.9 Å². The number of thiazole rings is 1. The molecule has 0 spiro atoms. The van der Waals surface area contributed by atoms with Crippen LogP contribution in [0, 0.1) is 32.1 Å². The number of aromatic nitrogens is 4. The normalized spacial score (nSPS) is 11.0. The lowest BCUT2D eigenvalue weighted by atomic mass is 10.1. The monoisotopic (exact) mass is 527 g/mol. The second kappa shape index (κ2) is 10.1. The number of pyridine rings is 3. The molecule has 1 aromatic carbocycles. The van der Waals surface area contributed by atoms with Crippen LogP contribution < -0.4 is 10.3 Å². The highest BCUT2D eigenvalue weighted by atomic mass is 35.5. The summed E-state index contributed by atoms with van der Waals surface area (Å²) in [5.74, 6) is 0.613. The molecule has 0 bridgehead atoms. The molecule has 0 aliphatic carbocycles. The van der Waals surface area contributed by atoms with Gasteiger partial charge in [-0.15, -0.1) is 11.3 Å². The third kappa shape index (κ3) is 4.96. The maximum atomic E-state index is 12.6. The van der Waals surface area contributed by atoms with E-state index in [0.717, 1.165) is 37.7 Å². The third-order valence-electron chi connectivity index (χ3n) is 5.90. The van der Waals surface area contributed by atoms with E-state index < -0.39 is 0 Å². The predicted octanol–water partition coefficient (Wildman–Crippen LogP) is 5.99. The van der Waals surface area contributed by atoms with Gasteiger partial charge in [0.05, 0.1) is 17.3 Å². The van der Waals surface area contributed by atoms with Gasteiger partial charge in [0.2, 0.25) is 0 Å². The maximum absolute atomic E-state index is 12.6. The zero-order valence-corrected chi connectivity index (χ0v) is 22.0. The van der Waals surface area contributed by atoms with Gasteiger partial charge in [0.15, 0.2) is 0 Å². The molecule has 0 amide bonds. The Labute approximate surface area is 222 Å². The van der Waals surface area contributed by atoms with Gasteiger partial charge in [0, 0.05) is 45.2 Å². The summed E-state index contributed by atoms with van der Waals surface area (Å²) < 4.78 is 7.74. The number of hydrogen-bond acceptors (Lipinski definition) is 7. The molecule has 0 aliphatic rings. The van der Waals surface area contributed by atoms with Crippen molar-refractivity contribution in [1.29, 1.82) is 5.26 Å². The van der Waals surface area contributed by atoms with E-state index in [0.29, 0.717) is 22.0 Å². The molecule has 5 rings (SSSR count). The van der Waals surface area contributed by atoms with Crippen LogP contribution in [-0.2, 0) is 13.2 Å². The zero-order valence-electron chi connectivity index (χ0n) is 20.4. The lowest BCUT2D eigenvalue weighted by Gasteiger charge is -2.16. The molecule has 9 heteroatoms. The molecule has 5 aromatic rings. The van der Waals surface area contributed by atoms with Gasteiger partial charge in [-0.2, -0.15) is 5.26 Å². The highest BCUT2D eigenvalue weighted by Gasteiger charge is 2.16. The van der Waals surface area contributed by atoms with Crippen LogP contribution in [0.25, 0.3) is 21.5 Å². The fourth-order valence-electron chi connectivity index (χ4n) is 4.18. The number of aryl methyl sites for hydroxylation is 3. The van der Waals surface area contributed by atoms with Crippen molar-refractivity contribution < 1.29 is 4.74 Å². The zero-order chi connectivity index (χ0) is 26.1. The van der Waals surface area contributed by atoms with E-state index in [9.17, 15) is 10.1 Å². The molecule has 0 unspecified atom stereocenters. The van der Waals surface area contributed by atoms with E-state index in [2.05, 4.69) is 9.97 Å². The number of nitriles is 1. The number of rotatable bonds is 6. The van der Waals surface area contributed by atoms with Crippen LogP contribution in [0.1, 0.15) is 33.1 Å². The minimum atomic E-state index is -0.380. The van der Waals surface area contributed by atoms with Crippen molar-refractivity contribution in [2.24, 2.45) is 0 Å². The van der Waals surface area contributed by atoms with Gasteiger partial charge in [-0.3, -0.25) is 9.78 Å². The highest BCUT2D eigenvalue weighted by Crippen LogP contribution is 2.35. The second-order valence-electron chi connectivity index (χ2n) is 8.67. The second-order valence-corrected chi connectivity index (χ2v) is 10.3. The van der Waals surface area contributed by atoms with E-state index in [1.165, 1.54) is 10.6 Å². The summed E-state index contributed by atoms with van der Waals surface area (Å²) in [4.78, 5) is 27.7. The summed E-state index contributed by atoms with van der Waals surface area (Å²) >= 11 is 8.27. The highest BCUT2D eigenvalue weighted by molar-refractivity contribution is 7.15. The van der Waals surface area contributed by atoms with Crippen LogP contribution in [0.5, 0.6) is 5.75 Å². The Balaban J connectivity index is 1.52. The summed E-state index contributed by atoms with van der Waals surface area (Å²) in [5.41, 5.74) is 4.29. The largest absolute Gasteiger partial charge is 0.486 e. The van der Waals surface area contributed by atoms with Gasteiger partial charge >= 0.3 is 0 Å². The smallest absolute Gasteiger partial charge is 0.268 e. The lowest BCUT2D eigenvalue weighted by Crippen LogP contribution is -2.23. The summed E-state index contributed by atoms with van der Waals surface area (Å²) in [7, 11) is 0. The standard InChI is InChI=1S/C28H22ClN5O2S/c1-16-10-21(27-31-13-18(3)37-27)20-7-4-8-25(26(20)33-16)36-15-22-23(29)11-17(2)32-24(22)14-34-9-5-6-19(12-30)28(34)35/h4-11,13H,14-15H2,1-3H3. The van der Waals surface area contributed by atoms with Crippen molar-refractivity contribution >= 4 is 33.8 Å². The number of para-hydroxylation sites is 1.